The molecular formula is C15H12Cl2N2O. The first-order chi connectivity index (χ1) is 9.60. The van der Waals surface area contributed by atoms with Crippen molar-refractivity contribution >= 4 is 34.9 Å². The second kappa shape index (κ2) is 5.08. The van der Waals surface area contributed by atoms with Crippen LogP contribution in [0, 0.1) is 0 Å². The van der Waals surface area contributed by atoms with E-state index in [1.807, 2.05) is 18.2 Å². The molecule has 0 aliphatic heterocycles. The van der Waals surface area contributed by atoms with Crippen molar-refractivity contribution in [2.24, 2.45) is 0 Å². The SMILES string of the molecule is O=C(Nc1ccc(Cl)cn1)C1(c2cccc(Cl)c2)CC1. The summed E-state index contributed by atoms with van der Waals surface area (Å²) in [6, 6.07) is 10.8. The molecular weight excluding hydrogens is 295 g/mol. The van der Waals surface area contributed by atoms with Crippen LogP contribution in [-0.4, -0.2) is 10.9 Å². The Bertz CT molecular complexity index is 651. The van der Waals surface area contributed by atoms with Gasteiger partial charge in [-0.15, -0.1) is 0 Å². The van der Waals surface area contributed by atoms with Crippen molar-refractivity contribution < 1.29 is 4.79 Å². The van der Waals surface area contributed by atoms with Crippen LogP contribution < -0.4 is 5.32 Å². The average Bonchev–Trinajstić information content (AvgIpc) is 3.23. The third kappa shape index (κ3) is 2.51. The van der Waals surface area contributed by atoms with Gasteiger partial charge in [-0.1, -0.05) is 35.3 Å². The van der Waals surface area contributed by atoms with E-state index in [4.69, 9.17) is 23.2 Å². The Morgan fingerprint density at radius 3 is 2.55 bits per heavy atom. The molecule has 1 aliphatic carbocycles. The number of amides is 1. The van der Waals surface area contributed by atoms with Gasteiger partial charge >= 0.3 is 0 Å². The zero-order valence-electron chi connectivity index (χ0n) is 10.6. The van der Waals surface area contributed by atoms with Crippen molar-refractivity contribution in [3.05, 3.63) is 58.2 Å². The molecule has 102 valence electrons. The summed E-state index contributed by atoms with van der Waals surface area (Å²) in [5.41, 5.74) is 0.489. The van der Waals surface area contributed by atoms with Gasteiger partial charge in [0.15, 0.2) is 0 Å². The van der Waals surface area contributed by atoms with E-state index in [-0.39, 0.29) is 5.91 Å². The van der Waals surface area contributed by atoms with Gasteiger partial charge < -0.3 is 5.32 Å². The third-order valence-electron chi connectivity index (χ3n) is 3.53. The van der Waals surface area contributed by atoms with Gasteiger partial charge in [0.1, 0.15) is 5.82 Å². The van der Waals surface area contributed by atoms with E-state index in [1.165, 1.54) is 6.20 Å². The second-order valence-electron chi connectivity index (χ2n) is 4.91. The molecule has 3 nitrogen and oxygen atoms in total. The van der Waals surface area contributed by atoms with Crippen LogP contribution >= 0.6 is 23.2 Å². The maximum Gasteiger partial charge on any atom is 0.236 e. The molecule has 1 aromatic carbocycles. The van der Waals surface area contributed by atoms with Gasteiger partial charge in [0.25, 0.3) is 0 Å². The lowest BCUT2D eigenvalue weighted by atomic mass is 9.95. The fourth-order valence-corrected chi connectivity index (χ4v) is 2.55. The Balaban J connectivity index is 1.81. The predicted molar refractivity (Wildman–Crippen MR) is 80.2 cm³/mol. The number of carbonyl (C=O) groups excluding carboxylic acids is 1. The molecule has 20 heavy (non-hydrogen) atoms. The fraction of sp³-hybridized carbons (Fsp3) is 0.200. The third-order valence-corrected chi connectivity index (χ3v) is 3.99. The highest BCUT2D eigenvalue weighted by molar-refractivity contribution is 6.31. The van der Waals surface area contributed by atoms with Crippen LogP contribution in [0.1, 0.15) is 18.4 Å². The molecule has 1 aromatic heterocycles. The van der Waals surface area contributed by atoms with Gasteiger partial charge in [-0.05, 0) is 42.7 Å². The summed E-state index contributed by atoms with van der Waals surface area (Å²) in [7, 11) is 0. The number of nitrogens with one attached hydrogen (secondary N) is 1. The first-order valence-electron chi connectivity index (χ1n) is 6.29. The van der Waals surface area contributed by atoms with Gasteiger partial charge in [0.05, 0.1) is 10.4 Å². The smallest absolute Gasteiger partial charge is 0.236 e. The van der Waals surface area contributed by atoms with Crippen LogP contribution in [0.3, 0.4) is 0 Å². The minimum atomic E-state index is -0.466. The van der Waals surface area contributed by atoms with E-state index in [9.17, 15) is 4.79 Å². The topological polar surface area (TPSA) is 42.0 Å². The maximum atomic E-state index is 12.5. The quantitative estimate of drug-likeness (QED) is 0.929. The van der Waals surface area contributed by atoms with Crippen LogP contribution in [0.2, 0.25) is 10.0 Å². The van der Waals surface area contributed by atoms with Crippen LogP contribution in [0.25, 0.3) is 0 Å². The zero-order chi connectivity index (χ0) is 14.2. The molecule has 1 N–H and O–H groups in total. The molecule has 5 heteroatoms. The van der Waals surface area contributed by atoms with Crippen molar-refractivity contribution in [2.75, 3.05) is 5.32 Å². The van der Waals surface area contributed by atoms with Crippen LogP contribution in [-0.2, 0) is 10.2 Å². The molecule has 1 saturated carbocycles. The summed E-state index contributed by atoms with van der Waals surface area (Å²) in [5.74, 6) is 0.460. The van der Waals surface area contributed by atoms with Gasteiger partial charge in [0, 0.05) is 11.2 Å². The number of aromatic nitrogens is 1. The van der Waals surface area contributed by atoms with E-state index in [0.717, 1.165) is 18.4 Å². The van der Waals surface area contributed by atoms with Gasteiger partial charge in [-0.3, -0.25) is 4.79 Å². The maximum absolute atomic E-state index is 12.5. The summed E-state index contributed by atoms with van der Waals surface area (Å²) in [4.78, 5) is 16.5. The average molecular weight is 307 g/mol. The van der Waals surface area contributed by atoms with E-state index in [1.54, 1.807) is 18.2 Å². The molecule has 0 spiro atoms. The molecule has 1 fully saturated rings. The number of rotatable bonds is 3. The first-order valence-corrected chi connectivity index (χ1v) is 7.05. The highest BCUT2D eigenvalue weighted by Gasteiger charge is 2.51. The normalized spacial score (nSPS) is 15.7. The highest BCUT2D eigenvalue weighted by Crippen LogP contribution is 2.49. The number of pyridine rings is 1. The summed E-state index contributed by atoms with van der Waals surface area (Å²) >= 11 is 11.8. The lowest BCUT2D eigenvalue weighted by Crippen LogP contribution is -2.28. The molecule has 0 unspecified atom stereocenters. The number of nitrogens with zero attached hydrogens (tertiary/aromatic N) is 1. The largest absolute Gasteiger partial charge is 0.310 e. The zero-order valence-corrected chi connectivity index (χ0v) is 12.1. The molecule has 2 aromatic rings. The lowest BCUT2D eigenvalue weighted by Gasteiger charge is -2.15. The van der Waals surface area contributed by atoms with E-state index >= 15 is 0 Å². The second-order valence-corrected chi connectivity index (χ2v) is 5.78. The fourth-order valence-electron chi connectivity index (χ4n) is 2.24. The minimum Gasteiger partial charge on any atom is -0.310 e. The van der Waals surface area contributed by atoms with Crippen molar-refractivity contribution in [1.82, 2.24) is 4.98 Å². The molecule has 3 rings (SSSR count). The minimum absolute atomic E-state index is 0.0467. The highest BCUT2D eigenvalue weighted by atomic mass is 35.5. The van der Waals surface area contributed by atoms with Crippen LogP contribution in [0.15, 0.2) is 42.6 Å². The van der Waals surface area contributed by atoms with Crippen molar-refractivity contribution in [1.29, 1.82) is 0 Å². The Morgan fingerprint density at radius 1 is 1.15 bits per heavy atom. The lowest BCUT2D eigenvalue weighted by molar-refractivity contribution is -0.118. The monoisotopic (exact) mass is 306 g/mol. The van der Waals surface area contributed by atoms with Crippen molar-refractivity contribution in [3.8, 4) is 0 Å². The number of carbonyl (C=O) groups is 1. The molecule has 1 heterocycles. The first kappa shape index (κ1) is 13.4. The van der Waals surface area contributed by atoms with Crippen molar-refractivity contribution in [3.63, 3.8) is 0 Å². The molecule has 0 atom stereocenters. The van der Waals surface area contributed by atoms with Crippen molar-refractivity contribution in [2.45, 2.75) is 18.3 Å². The molecule has 1 aliphatic rings. The molecule has 0 bridgehead atoms. The van der Waals surface area contributed by atoms with Gasteiger partial charge in [0.2, 0.25) is 5.91 Å². The number of hydrogen-bond donors (Lipinski definition) is 1. The summed E-state index contributed by atoms with van der Waals surface area (Å²) < 4.78 is 0. The van der Waals surface area contributed by atoms with Gasteiger partial charge in [-0.25, -0.2) is 4.98 Å². The Morgan fingerprint density at radius 2 is 1.95 bits per heavy atom. The van der Waals surface area contributed by atoms with Crippen LogP contribution in [0.4, 0.5) is 5.82 Å². The Labute approximate surface area is 126 Å². The summed E-state index contributed by atoms with van der Waals surface area (Å²) in [6.07, 6.45) is 3.16. The molecule has 1 amide bonds. The van der Waals surface area contributed by atoms with E-state index < -0.39 is 5.41 Å². The molecule has 0 radical (unpaired) electrons. The number of hydrogen-bond acceptors (Lipinski definition) is 2. The van der Waals surface area contributed by atoms with Gasteiger partial charge in [-0.2, -0.15) is 0 Å². The Hall–Kier alpha value is -1.58. The summed E-state index contributed by atoms with van der Waals surface area (Å²) in [6.45, 7) is 0. The number of halogens is 2. The Kier molecular flexibility index (Phi) is 3.40. The van der Waals surface area contributed by atoms with E-state index in [2.05, 4.69) is 10.3 Å². The number of benzene rings is 1. The van der Waals surface area contributed by atoms with Crippen LogP contribution in [0.5, 0.6) is 0 Å². The predicted octanol–water partition coefficient (Wildman–Crippen LogP) is 4.06. The number of anilines is 1. The molecule has 0 saturated heterocycles. The summed E-state index contributed by atoms with van der Waals surface area (Å²) in [5, 5.41) is 4.02. The van der Waals surface area contributed by atoms with E-state index in [0.29, 0.717) is 15.9 Å². The standard InChI is InChI=1S/C15H12Cl2N2O/c16-11-3-1-2-10(8-11)15(6-7-15)14(20)19-13-5-4-12(17)9-18-13/h1-5,8-9H,6-7H2,(H,18,19,20).